The van der Waals surface area contributed by atoms with Crippen LogP contribution in [0.1, 0.15) is 70.2 Å². The number of rotatable bonds is 8. The fourth-order valence-electron chi connectivity index (χ4n) is 6.02. The number of carbonyl (C=O) groups excluding carboxylic acids is 9. The molecule has 6 atom stereocenters. The highest BCUT2D eigenvalue weighted by Crippen LogP contribution is 2.45. The highest BCUT2D eigenvalue weighted by atomic mass is 16.5. The molecule has 2 saturated carbocycles. The number of esters is 2. The Morgan fingerprint density at radius 2 is 0.905 bits per heavy atom. The molecule has 0 amide bonds. The van der Waals surface area contributed by atoms with Crippen molar-refractivity contribution in [3.05, 3.63) is 69.8 Å². The Hall–Kier alpha value is -4.93. The predicted octanol–water partition coefficient (Wildman–Crippen LogP) is 1.66. The van der Waals surface area contributed by atoms with Crippen LogP contribution in [0.25, 0.3) is 0 Å². The van der Waals surface area contributed by atoms with Crippen molar-refractivity contribution in [2.45, 2.75) is 12.8 Å². The van der Waals surface area contributed by atoms with Crippen molar-refractivity contribution in [2.24, 2.45) is 35.5 Å². The van der Waals surface area contributed by atoms with E-state index in [1.54, 1.807) is 0 Å². The topological polar surface area (TPSA) is 172 Å². The first-order chi connectivity index (χ1) is 20.0. The lowest BCUT2D eigenvalue weighted by atomic mass is 9.94. The second-order valence-corrected chi connectivity index (χ2v) is 10.9. The molecule has 2 aromatic carbocycles. The van der Waals surface area contributed by atoms with Gasteiger partial charge in [0.05, 0.1) is 26.1 Å². The minimum Gasteiger partial charge on any atom is -0.469 e. The van der Waals surface area contributed by atoms with Crippen molar-refractivity contribution in [3.8, 4) is 0 Å². The van der Waals surface area contributed by atoms with Gasteiger partial charge in [-0.2, -0.15) is 0 Å². The first kappa shape index (κ1) is 27.3. The zero-order valence-corrected chi connectivity index (χ0v) is 22.3. The molecule has 0 aromatic heterocycles. The second-order valence-electron chi connectivity index (χ2n) is 10.9. The van der Waals surface area contributed by atoms with E-state index in [4.69, 9.17) is 0 Å². The molecule has 212 valence electrons. The number of hydrogen-bond acceptors (Lipinski definition) is 11. The molecule has 0 heterocycles. The SMILES string of the molecule is COC(=O)[C@@H]1C[C@H]1C(=O)C1C(=O)c2ccc(C(=O)c3ccc4c(c3)C(=O)C(C(=O)[C@@H]3C[C@H]3C(=O)OC)C4=O)cc2C1=O. The molecule has 4 aliphatic rings. The van der Waals surface area contributed by atoms with Crippen molar-refractivity contribution in [1.29, 1.82) is 0 Å². The minimum atomic E-state index is -1.59. The van der Waals surface area contributed by atoms with Gasteiger partial charge in [-0.3, -0.25) is 43.2 Å². The molecule has 11 nitrogen and oxygen atoms in total. The van der Waals surface area contributed by atoms with Crippen LogP contribution < -0.4 is 0 Å². The van der Waals surface area contributed by atoms with E-state index in [0.717, 1.165) is 0 Å². The lowest BCUT2D eigenvalue weighted by molar-refractivity contribution is -0.144. The third kappa shape index (κ3) is 3.99. The van der Waals surface area contributed by atoms with Gasteiger partial charge in [-0.15, -0.1) is 0 Å². The summed E-state index contributed by atoms with van der Waals surface area (Å²) in [5, 5.41) is 0. The predicted molar refractivity (Wildman–Crippen MR) is 138 cm³/mol. The molecule has 0 bridgehead atoms. The number of Topliss-reactive ketones (excluding diaryl/α,β-unsaturated/α-hetero) is 6. The standard InChI is InChI=1S/C31H22O11/c1-41-30(39)19-9-17(19)28(37)21-24(33)13-5-3-11(7-15(13)26(21)35)23(32)12-4-6-14-16(8-12)27(36)22(25(14)34)29(38)18-10-20(18)31(40)42-2/h3-8,17-22H,9-10H2,1-2H3/t17-,18-,19-,20-,21?,22?/m1/s1. The zero-order chi connectivity index (χ0) is 30.2. The van der Waals surface area contributed by atoms with E-state index in [-0.39, 0.29) is 46.2 Å². The summed E-state index contributed by atoms with van der Waals surface area (Å²) >= 11 is 0. The van der Waals surface area contributed by atoms with Gasteiger partial charge in [0.1, 0.15) is 11.8 Å². The lowest BCUT2D eigenvalue weighted by Crippen LogP contribution is -2.28. The van der Waals surface area contributed by atoms with Crippen LogP contribution in [0.15, 0.2) is 36.4 Å². The van der Waals surface area contributed by atoms with Crippen molar-refractivity contribution in [2.75, 3.05) is 14.2 Å². The number of hydrogen-bond donors (Lipinski definition) is 0. The van der Waals surface area contributed by atoms with Crippen LogP contribution in [0.2, 0.25) is 0 Å². The molecule has 11 heteroatoms. The lowest BCUT2D eigenvalue weighted by Gasteiger charge is -2.06. The third-order valence-corrected chi connectivity index (χ3v) is 8.56. The van der Waals surface area contributed by atoms with Crippen LogP contribution >= 0.6 is 0 Å². The van der Waals surface area contributed by atoms with Gasteiger partial charge >= 0.3 is 11.9 Å². The Morgan fingerprint density at radius 1 is 0.548 bits per heavy atom. The summed E-state index contributed by atoms with van der Waals surface area (Å²) in [5.74, 6) is -12.1. The van der Waals surface area contributed by atoms with E-state index in [0.29, 0.717) is 0 Å². The van der Waals surface area contributed by atoms with Crippen LogP contribution in [-0.4, -0.2) is 66.6 Å². The van der Waals surface area contributed by atoms with Gasteiger partial charge in [0.2, 0.25) is 0 Å². The highest BCUT2D eigenvalue weighted by molar-refractivity contribution is 6.37. The normalized spacial score (nSPS) is 26.8. The molecule has 42 heavy (non-hydrogen) atoms. The molecule has 2 fully saturated rings. The Morgan fingerprint density at radius 3 is 1.26 bits per heavy atom. The van der Waals surface area contributed by atoms with Gasteiger partial charge in [-0.05, 0) is 37.1 Å². The smallest absolute Gasteiger partial charge is 0.309 e. The van der Waals surface area contributed by atoms with E-state index in [1.165, 1.54) is 50.6 Å². The summed E-state index contributed by atoms with van der Waals surface area (Å²) in [7, 11) is 2.37. The number of benzene rings is 2. The summed E-state index contributed by atoms with van der Waals surface area (Å²) in [4.78, 5) is 115. The average Bonchev–Trinajstić information content (AvgIpc) is 3.92. The van der Waals surface area contributed by atoms with E-state index >= 15 is 0 Å². The van der Waals surface area contributed by atoms with Crippen LogP contribution in [0, 0.1) is 35.5 Å². The quantitative estimate of drug-likeness (QED) is 0.257. The first-order valence-electron chi connectivity index (χ1n) is 13.2. The van der Waals surface area contributed by atoms with Gasteiger partial charge in [-0.25, -0.2) is 0 Å². The van der Waals surface area contributed by atoms with Gasteiger partial charge in [0, 0.05) is 45.2 Å². The van der Waals surface area contributed by atoms with Crippen molar-refractivity contribution < 1.29 is 52.6 Å². The Balaban J connectivity index is 1.22. The molecular weight excluding hydrogens is 548 g/mol. The van der Waals surface area contributed by atoms with Crippen LogP contribution in [0.3, 0.4) is 0 Å². The average molecular weight is 571 g/mol. The highest BCUT2D eigenvalue weighted by Gasteiger charge is 2.56. The molecule has 2 unspecified atom stereocenters. The summed E-state index contributed by atoms with van der Waals surface area (Å²) < 4.78 is 9.27. The van der Waals surface area contributed by atoms with Gasteiger partial charge in [0.15, 0.2) is 40.5 Å². The zero-order valence-electron chi connectivity index (χ0n) is 22.3. The molecule has 0 saturated heterocycles. The van der Waals surface area contributed by atoms with Crippen LogP contribution in [-0.2, 0) is 28.7 Å². The Bertz CT molecular complexity index is 1590. The maximum atomic E-state index is 13.4. The van der Waals surface area contributed by atoms with E-state index < -0.39 is 87.9 Å². The molecule has 6 rings (SSSR count). The monoisotopic (exact) mass is 570 g/mol. The maximum Gasteiger partial charge on any atom is 0.309 e. The van der Waals surface area contributed by atoms with Gasteiger partial charge < -0.3 is 9.47 Å². The molecule has 2 aromatic rings. The number of carbonyl (C=O) groups is 9. The summed E-state index contributed by atoms with van der Waals surface area (Å²) in [6.45, 7) is 0. The maximum absolute atomic E-state index is 13.4. The molecular formula is C31H22O11. The van der Waals surface area contributed by atoms with Crippen molar-refractivity contribution >= 4 is 52.4 Å². The number of methoxy groups -OCH3 is 2. The summed E-state index contributed by atoms with van der Waals surface area (Å²) in [5.41, 5.74) is -0.197. The number of fused-ring (bicyclic) bond motifs is 2. The van der Waals surface area contributed by atoms with Crippen molar-refractivity contribution in [1.82, 2.24) is 0 Å². The van der Waals surface area contributed by atoms with Gasteiger partial charge in [0.25, 0.3) is 0 Å². The molecule has 0 spiro atoms. The fraction of sp³-hybridized carbons (Fsp3) is 0.323. The summed E-state index contributed by atoms with van der Waals surface area (Å²) in [6, 6.07) is 7.63. The Kier molecular flexibility index (Phi) is 6.21. The number of ether oxygens (including phenoxy) is 2. The fourth-order valence-corrected chi connectivity index (χ4v) is 6.02. The first-order valence-corrected chi connectivity index (χ1v) is 13.2. The second kappa shape index (κ2) is 9.57. The van der Waals surface area contributed by atoms with E-state index in [9.17, 15) is 43.2 Å². The van der Waals surface area contributed by atoms with Gasteiger partial charge in [-0.1, -0.05) is 12.1 Å². The minimum absolute atomic E-state index is 0.00473. The van der Waals surface area contributed by atoms with Crippen LogP contribution in [0.5, 0.6) is 0 Å². The third-order valence-electron chi connectivity index (χ3n) is 8.56. The van der Waals surface area contributed by atoms with Crippen molar-refractivity contribution in [3.63, 3.8) is 0 Å². The molecule has 0 aliphatic heterocycles. The number of ketones is 7. The molecule has 0 radical (unpaired) electrons. The Labute approximate surface area is 237 Å². The molecule has 0 N–H and O–H groups in total. The van der Waals surface area contributed by atoms with E-state index in [2.05, 4.69) is 9.47 Å². The van der Waals surface area contributed by atoms with E-state index in [1.807, 2.05) is 0 Å². The molecule has 4 aliphatic carbocycles. The largest absolute Gasteiger partial charge is 0.469 e. The summed E-state index contributed by atoms with van der Waals surface area (Å²) in [6.07, 6.45) is 0.391. The van der Waals surface area contributed by atoms with Crippen LogP contribution in [0.4, 0.5) is 0 Å².